The number of nitrogens with zero attached hydrogens (tertiary/aromatic N) is 2. The van der Waals surface area contributed by atoms with E-state index in [1.807, 2.05) is 29.2 Å². The maximum Gasteiger partial charge on any atom is 0.253 e. The highest BCUT2D eigenvalue weighted by molar-refractivity contribution is 14.1. The lowest BCUT2D eigenvalue weighted by Gasteiger charge is -2.34. The Bertz CT molecular complexity index is 419. The summed E-state index contributed by atoms with van der Waals surface area (Å²) in [6.45, 7) is 4.33. The maximum absolute atomic E-state index is 12.3. The van der Waals surface area contributed by atoms with E-state index in [0.717, 1.165) is 41.9 Å². The van der Waals surface area contributed by atoms with Crippen LogP contribution in [0.3, 0.4) is 0 Å². The molecule has 18 heavy (non-hydrogen) atoms. The lowest BCUT2D eigenvalue weighted by molar-refractivity contribution is 0.0644. The zero-order chi connectivity index (χ0) is 13.0. The molecule has 0 aliphatic carbocycles. The van der Waals surface area contributed by atoms with E-state index in [4.69, 9.17) is 11.6 Å². The summed E-state index contributed by atoms with van der Waals surface area (Å²) in [5.41, 5.74) is 0.785. The number of amides is 1. The van der Waals surface area contributed by atoms with Crippen LogP contribution >= 0.6 is 34.2 Å². The molecule has 1 aliphatic heterocycles. The number of rotatable bonds is 3. The molecule has 0 spiro atoms. The van der Waals surface area contributed by atoms with Crippen LogP contribution in [0.15, 0.2) is 24.3 Å². The van der Waals surface area contributed by atoms with Crippen molar-refractivity contribution in [2.24, 2.45) is 0 Å². The third-order valence-corrected chi connectivity index (χ3v) is 3.97. The van der Waals surface area contributed by atoms with Crippen LogP contribution in [-0.2, 0) is 0 Å². The van der Waals surface area contributed by atoms with Gasteiger partial charge in [-0.05, 0) is 40.8 Å². The molecule has 98 valence electrons. The van der Waals surface area contributed by atoms with Gasteiger partial charge in [-0.25, -0.2) is 0 Å². The first-order valence-electron chi connectivity index (χ1n) is 6.04. The molecule has 1 amide bonds. The van der Waals surface area contributed by atoms with Gasteiger partial charge in [0.2, 0.25) is 0 Å². The molecule has 1 aliphatic rings. The Morgan fingerprint density at radius 1 is 1.28 bits per heavy atom. The highest BCUT2D eigenvalue weighted by Crippen LogP contribution is 2.12. The molecule has 1 aromatic carbocycles. The zero-order valence-electron chi connectivity index (χ0n) is 10.1. The molecule has 0 radical (unpaired) electrons. The van der Waals surface area contributed by atoms with E-state index < -0.39 is 0 Å². The number of alkyl halides is 1. The second kappa shape index (κ2) is 6.73. The van der Waals surface area contributed by atoms with Crippen molar-refractivity contribution in [2.45, 2.75) is 0 Å². The molecule has 1 aromatic rings. The summed E-state index contributed by atoms with van der Waals surface area (Å²) in [6.07, 6.45) is 0. The third kappa shape index (κ3) is 3.59. The van der Waals surface area contributed by atoms with Gasteiger partial charge in [0.15, 0.2) is 0 Å². The second-order valence-corrected chi connectivity index (χ2v) is 5.96. The van der Waals surface area contributed by atoms with Crippen molar-refractivity contribution in [3.05, 3.63) is 33.4 Å². The lowest BCUT2D eigenvalue weighted by Crippen LogP contribution is -2.49. The highest BCUT2D eigenvalue weighted by atomic mass is 127. The molecule has 1 heterocycles. The van der Waals surface area contributed by atoms with Crippen molar-refractivity contribution in [3.8, 4) is 0 Å². The highest BCUT2D eigenvalue weighted by Gasteiger charge is 2.21. The van der Waals surface area contributed by atoms with Crippen LogP contribution in [0, 0.1) is 3.57 Å². The summed E-state index contributed by atoms with van der Waals surface area (Å²) < 4.78 is 1.10. The van der Waals surface area contributed by atoms with Crippen LogP contribution in [0.1, 0.15) is 10.4 Å². The van der Waals surface area contributed by atoms with Gasteiger partial charge in [0, 0.05) is 47.7 Å². The fourth-order valence-corrected chi connectivity index (χ4v) is 2.88. The van der Waals surface area contributed by atoms with Crippen LogP contribution in [-0.4, -0.2) is 54.3 Å². The fourth-order valence-electron chi connectivity index (χ4n) is 2.10. The van der Waals surface area contributed by atoms with Crippen molar-refractivity contribution in [1.29, 1.82) is 0 Å². The average molecular weight is 379 g/mol. The van der Waals surface area contributed by atoms with Crippen molar-refractivity contribution in [2.75, 3.05) is 38.6 Å². The fraction of sp³-hybridized carbons (Fsp3) is 0.462. The summed E-state index contributed by atoms with van der Waals surface area (Å²) in [6, 6.07) is 7.75. The van der Waals surface area contributed by atoms with Gasteiger partial charge < -0.3 is 4.90 Å². The Balaban J connectivity index is 1.95. The van der Waals surface area contributed by atoms with Gasteiger partial charge in [-0.3, -0.25) is 9.69 Å². The lowest BCUT2D eigenvalue weighted by atomic mass is 10.2. The van der Waals surface area contributed by atoms with Gasteiger partial charge in [-0.1, -0.05) is 6.07 Å². The van der Waals surface area contributed by atoms with Crippen LogP contribution in [0.25, 0.3) is 0 Å². The molecule has 0 aromatic heterocycles. The third-order valence-electron chi connectivity index (χ3n) is 3.13. The van der Waals surface area contributed by atoms with Crippen molar-refractivity contribution in [1.82, 2.24) is 9.80 Å². The minimum absolute atomic E-state index is 0.138. The van der Waals surface area contributed by atoms with Crippen molar-refractivity contribution >= 4 is 40.1 Å². The molecule has 1 saturated heterocycles. The smallest absolute Gasteiger partial charge is 0.253 e. The number of piperazine rings is 1. The molecule has 1 fully saturated rings. The molecule has 0 saturated carbocycles. The van der Waals surface area contributed by atoms with Crippen molar-refractivity contribution in [3.63, 3.8) is 0 Å². The summed E-state index contributed by atoms with van der Waals surface area (Å²) >= 11 is 7.95. The molecule has 0 atom stereocenters. The van der Waals surface area contributed by atoms with E-state index in [2.05, 4.69) is 27.5 Å². The van der Waals surface area contributed by atoms with E-state index in [1.165, 1.54) is 0 Å². The molecule has 0 unspecified atom stereocenters. The summed E-state index contributed by atoms with van der Waals surface area (Å²) in [7, 11) is 0. The quantitative estimate of drug-likeness (QED) is 0.595. The first kappa shape index (κ1) is 14.1. The Morgan fingerprint density at radius 2 is 2.00 bits per heavy atom. The minimum Gasteiger partial charge on any atom is -0.336 e. The Kier molecular flexibility index (Phi) is 5.26. The van der Waals surface area contributed by atoms with Crippen LogP contribution in [0.5, 0.6) is 0 Å². The largest absolute Gasteiger partial charge is 0.336 e. The molecular formula is C13H16ClIN2O. The Labute approximate surface area is 126 Å². The van der Waals surface area contributed by atoms with Gasteiger partial charge in [0.1, 0.15) is 0 Å². The number of halogens is 2. The minimum atomic E-state index is 0.138. The van der Waals surface area contributed by atoms with E-state index in [1.54, 1.807) is 0 Å². The number of hydrogen-bond donors (Lipinski definition) is 0. The molecule has 5 heteroatoms. The van der Waals surface area contributed by atoms with Gasteiger partial charge in [0.25, 0.3) is 5.91 Å². The van der Waals surface area contributed by atoms with E-state index >= 15 is 0 Å². The number of hydrogen-bond acceptors (Lipinski definition) is 2. The molecule has 2 rings (SSSR count). The van der Waals surface area contributed by atoms with Gasteiger partial charge in [-0.15, -0.1) is 11.6 Å². The van der Waals surface area contributed by atoms with Gasteiger partial charge in [0.05, 0.1) is 0 Å². The normalized spacial score (nSPS) is 16.9. The zero-order valence-corrected chi connectivity index (χ0v) is 13.0. The molecule has 3 nitrogen and oxygen atoms in total. The van der Waals surface area contributed by atoms with Crippen LogP contribution < -0.4 is 0 Å². The average Bonchev–Trinajstić information content (AvgIpc) is 2.39. The molecular weight excluding hydrogens is 363 g/mol. The number of carbonyl (C=O) groups excluding carboxylic acids is 1. The van der Waals surface area contributed by atoms with Crippen LogP contribution in [0.4, 0.5) is 0 Å². The molecule has 0 N–H and O–H groups in total. The Hall–Kier alpha value is -0.330. The first-order chi connectivity index (χ1) is 8.70. The maximum atomic E-state index is 12.3. The summed E-state index contributed by atoms with van der Waals surface area (Å²) in [5.74, 6) is 0.796. The van der Waals surface area contributed by atoms with Crippen molar-refractivity contribution < 1.29 is 4.79 Å². The second-order valence-electron chi connectivity index (χ2n) is 4.33. The standard InChI is InChI=1S/C13H16ClIN2O/c14-4-5-16-6-8-17(9-7-16)13(18)11-2-1-3-12(15)10-11/h1-3,10H,4-9H2. The molecule has 0 bridgehead atoms. The first-order valence-corrected chi connectivity index (χ1v) is 7.65. The summed E-state index contributed by atoms with van der Waals surface area (Å²) in [5, 5.41) is 0. The predicted octanol–water partition coefficient (Wildman–Crippen LogP) is 2.29. The Morgan fingerprint density at radius 3 is 2.61 bits per heavy atom. The van der Waals surface area contributed by atoms with Crippen LogP contribution in [0.2, 0.25) is 0 Å². The number of benzene rings is 1. The topological polar surface area (TPSA) is 23.6 Å². The monoisotopic (exact) mass is 378 g/mol. The van der Waals surface area contributed by atoms with E-state index in [9.17, 15) is 4.79 Å². The summed E-state index contributed by atoms with van der Waals surface area (Å²) in [4.78, 5) is 16.5. The SMILES string of the molecule is O=C(c1cccc(I)c1)N1CCN(CCCl)CC1. The van der Waals surface area contributed by atoms with E-state index in [-0.39, 0.29) is 5.91 Å². The van der Waals surface area contributed by atoms with Gasteiger partial charge in [-0.2, -0.15) is 0 Å². The van der Waals surface area contributed by atoms with E-state index in [0.29, 0.717) is 5.88 Å². The number of carbonyl (C=O) groups is 1. The van der Waals surface area contributed by atoms with Gasteiger partial charge >= 0.3 is 0 Å². The predicted molar refractivity (Wildman–Crippen MR) is 82.2 cm³/mol.